The molecule has 0 aliphatic carbocycles. The van der Waals surface area contributed by atoms with Gasteiger partial charge in [0.25, 0.3) is 5.91 Å². The summed E-state index contributed by atoms with van der Waals surface area (Å²) in [5, 5.41) is 6.39. The van der Waals surface area contributed by atoms with Crippen LogP contribution in [0.5, 0.6) is 0 Å². The lowest BCUT2D eigenvalue weighted by molar-refractivity contribution is -0.150. The monoisotopic (exact) mass is 479 g/mol. The molecule has 2 aromatic rings. The third-order valence-corrected chi connectivity index (χ3v) is 5.11. The number of likely N-dealkylation sites (tertiary alicyclic amines) is 1. The molecule has 0 unspecified atom stereocenters. The molecule has 9 nitrogen and oxygen atoms in total. The largest absolute Gasteiger partial charge is 0.466 e. The Labute approximate surface area is 195 Å². The Balaban J connectivity index is 1.73. The number of halogens is 2. The number of hydrogen-bond donors (Lipinski definition) is 1. The second-order valence-corrected chi connectivity index (χ2v) is 8.85. The maximum atomic E-state index is 14.0. The molecule has 0 bridgehead atoms. The second-order valence-electron chi connectivity index (χ2n) is 8.85. The standard InChI is InChI=1S/C23H27F2N3O6/c1-5-32-21(30)15-12-28(22(31)33-23(2,3)4)9-8-17(15)26-20(29)18-11-19(34-27-18)14-7-6-13(24)10-16(14)25/h6-7,10-11,15,17H,5,8-9,12H2,1-4H3,(H,26,29)/t15-,17-/m0/s1. The highest BCUT2D eigenvalue weighted by molar-refractivity contribution is 5.93. The van der Waals surface area contributed by atoms with Crippen LogP contribution in [0, 0.1) is 17.6 Å². The highest BCUT2D eigenvalue weighted by Crippen LogP contribution is 2.25. The van der Waals surface area contributed by atoms with Gasteiger partial charge in [0.15, 0.2) is 11.5 Å². The van der Waals surface area contributed by atoms with Crippen molar-refractivity contribution >= 4 is 18.0 Å². The lowest BCUT2D eigenvalue weighted by Gasteiger charge is -2.37. The minimum atomic E-state index is -0.861. The number of amides is 2. The summed E-state index contributed by atoms with van der Waals surface area (Å²) in [5.41, 5.74) is -0.894. The minimum Gasteiger partial charge on any atom is -0.466 e. The van der Waals surface area contributed by atoms with Crippen molar-refractivity contribution in [2.24, 2.45) is 5.92 Å². The van der Waals surface area contributed by atoms with Crippen molar-refractivity contribution in [1.82, 2.24) is 15.4 Å². The molecule has 2 amide bonds. The van der Waals surface area contributed by atoms with E-state index in [0.717, 1.165) is 6.07 Å². The number of rotatable bonds is 5. The molecule has 1 aliphatic rings. The van der Waals surface area contributed by atoms with Crippen LogP contribution in [0.2, 0.25) is 0 Å². The number of ether oxygens (including phenoxy) is 2. The lowest BCUT2D eigenvalue weighted by Crippen LogP contribution is -2.55. The van der Waals surface area contributed by atoms with Crippen molar-refractivity contribution in [3.05, 3.63) is 41.6 Å². The van der Waals surface area contributed by atoms with Crippen LogP contribution in [0.15, 0.2) is 28.8 Å². The van der Waals surface area contributed by atoms with Crippen molar-refractivity contribution in [3.63, 3.8) is 0 Å². The van der Waals surface area contributed by atoms with E-state index in [4.69, 9.17) is 14.0 Å². The minimum absolute atomic E-state index is 0.00352. The zero-order valence-corrected chi connectivity index (χ0v) is 19.4. The summed E-state index contributed by atoms with van der Waals surface area (Å²) in [6.07, 6.45) is -0.291. The first kappa shape index (κ1) is 25.1. The van der Waals surface area contributed by atoms with Crippen molar-refractivity contribution < 1.29 is 37.2 Å². The average molecular weight is 479 g/mol. The van der Waals surface area contributed by atoms with Crippen molar-refractivity contribution in [2.75, 3.05) is 19.7 Å². The van der Waals surface area contributed by atoms with Crippen LogP contribution in [0.4, 0.5) is 13.6 Å². The molecule has 0 radical (unpaired) electrons. The Kier molecular flexibility index (Phi) is 7.53. The van der Waals surface area contributed by atoms with Gasteiger partial charge < -0.3 is 24.2 Å². The van der Waals surface area contributed by atoms with E-state index in [2.05, 4.69) is 10.5 Å². The molecular weight excluding hydrogens is 452 g/mol. The molecule has 0 spiro atoms. The van der Waals surface area contributed by atoms with Crippen LogP contribution in [0.25, 0.3) is 11.3 Å². The highest BCUT2D eigenvalue weighted by Gasteiger charge is 2.39. The first-order valence-corrected chi connectivity index (χ1v) is 10.9. The fourth-order valence-electron chi connectivity index (χ4n) is 3.55. The Morgan fingerprint density at radius 1 is 1.24 bits per heavy atom. The fraction of sp³-hybridized carbons (Fsp3) is 0.478. The van der Waals surface area contributed by atoms with E-state index >= 15 is 0 Å². The molecular formula is C23H27F2N3O6. The molecule has 184 valence electrons. The summed E-state index contributed by atoms with van der Waals surface area (Å²) in [4.78, 5) is 39.2. The van der Waals surface area contributed by atoms with Gasteiger partial charge in [-0.05, 0) is 46.2 Å². The van der Waals surface area contributed by atoms with E-state index in [0.29, 0.717) is 6.07 Å². The van der Waals surface area contributed by atoms with Gasteiger partial charge in [-0.25, -0.2) is 13.6 Å². The van der Waals surface area contributed by atoms with Gasteiger partial charge in [-0.3, -0.25) is 9.59 Å². The van der Waals surface area contributed by atoms with Gasteiger partial charge >= 0.3 is 12.1 Å². The Morgan fingerprint density at radius 3 is 2.62 bits per heavy atom. The topological polar surface area (TPSA) is 111 Å². The SMILES string of the molecule is CCOC(=O)[C@H]1CN(C(=O)OC(C)(C)C)CC[C@@H]1NC(=O)c1cc(-c2ccc(F)cc2F)on1. The number of nitrogens with zero attached hydrogens (tertiary/aromatic N) is 2. The number of esters is 1. The highest BCUT2D eigenvalue weighted by atomic mass is 19.1. The van der Waals surface area contributed by atoms with Crippen molar-refractivity contribution in [1.29, 1.82) is 0 Å². The van der Waals surface area contributed by atoms with Gasteiger partial charge in [0.1, 0.15) is 17.2 Å². The Morgan fingerprint density at radius 2 is 1.97 bits per heavy atom. The quantitative estimate of drug-likeness (QED) is 0.653. The number of carbonyl (C=O) groups is 3. The number of piperidine rings is 1. The zero-order chi connectivity index (χ0) is 25.0. The molecule has 1 N–H and O–H groups in total. The molecule has 2 heterocycles. The lowest BCUT2D eigenvalue weighted by atomic mass is 9.92. The summed E-state index contributed by atoms with van der Waals surface area (Å²) in [7, 11) is 0. The van der Waals surface area contributed by atoms with E-state index in [1.807, 2.05) is 0 Å². The van der Waals surface area contributed by atoms with E-state index in [9.17, 15) is 23.2 Å². The average Bonchev–Trinajstić information content (AvgIpc) is 3.23. The number of benzene rings is 1. The Hall–Kier alpha value is -3.50. The molecule has 11 heteroatoms. The van der Waals surface area contributed by atoms with Crippen molar-refractivity contribution in [3.8, 4) is 11.3 Å². The normalized spacial score (nSPS) is 18.4. The third-order valence-electron chi connectivity index (χ3n) is 5.11. The first-order chi connectivity index (χ1) is 16.0. The van der Waals surface area contributed by atoms with E-state index in [-0.39, 0.29) is 43.1 Å². The molecule has 1 aromatic heterocycles. The van der Waals surface area contributed by atoms with Crippen LogP contribution in [-0.4, -0.2) is 59.4 Å². The summed E-state index contributed by atoms with van der Waals surface area (Å²) in [6.45, 7) is 7.27. The van der Waals surface area contributed by atoms with Crippen LogP contribution < -0.4 is 5.32 Å². The molecule has 1 aliphatic heterocycles. The molecule has 1 fully saturated rings. The number of hydrogen-bond acceptors (Lipinski definition) is 7. The predicted molar refractivity (Wildman–Crippen MR) is 116 cm³/mol. The number of carbonyl (C=O) groups excluding carboxylic acids is 3. The number of nitrogens with one attached hydrogen (secondary N) is 1. The first-order valence-electron chi connectivity index (χ1n) is 10.9. The van der Waals surface area contributed by atoms with Gasteiger partial charge in [0.2, 0.25) is 0 Å². The van der Waals surface area contributed by atoms with E-state index in [1.165, 1.54) is 17.0 Å². The van der Waals surface area contributed by atoms with E-state index < -0.39 is 47.2 Å². The van der Waals surface area contributed by atoms with E-state index in [1.54, 1.807) is 27.7 Å². The smallest absolute Gasteiger partial charge is 0.410 e. The predicted octanol–water partition coefficient (Wildman–Crippen LogP) is 3.54. The maximum absolute atomic E-state index is 14.0. The summed E-state index contributed by atoms with van der Waals surface area (Å²) in [5.74, 6) is -3.70. The van der Waals surface area contributed by atoms with Gasteiger partial charge in [-0.15, -0.1) is 0 Å². The van der Waals surface area contributed by atoms with Crippen LogP contribution >= 0.6 is 0 Å². The second kappa shape index (κ2) is 10.2. The molecule has 2 atom stereocenters. The summed E-state index contributed by atoms with van der Waals surface area (Å²) in [6, 6.07) is 3.51. The van der Waals surface area contributed by atoms with Crippen LogP contribution in [0.3, 0.4) is 0 Å². The molecule has 1 saturated heterocycles. The molecule has 0 saturated carbocycles. The molecule has 1 aromatic carbocycles. The zero-order valence-electron chi connectivity index (χ0n) is 19.4. The summed E-state index contributed by atoms with van der Waals surface area (Å²) < 4.78 is 42.7. The van der Waals surface area contributed by atoms with Gasteiger partial charge in [-0.1, -0.05) is 5.16 Å². The third kappa shape index (κ3) is 6.09. The molecule has 3 rings (SSSR count). The number of aromatic nitrogens is 1. The van der Waals surface area contributed by atoms with Crippen LogP contribution in [-0.2, 0) is 14.3 Å². The summed E-state index contributed by atoms with van der Waals surface area (Å²) >= 11 is 0. The van der Waals surface area contributed by atoms with Gasteiger partial charge in [0, 0.05) is 31.3 Å². The van der Waals surface area contributed by atoms with Gasteiger partial charge in [0.05, 0.1) is 18.1 Å². The molecule has 34 heavy (non-hydrogen) atoms. The van der Waals surface area contributed by atoms with Crippen molar-refractivity contribution in [2.45, 2.75) is 45.8 Å². The fourth-order valence-corrected chi connectivity index (χ4v) is 3.55. The maximum Gasteiger partial charge on any atom is 0.410 e. The Bertz CT molecular complexity index is 1070. The van der Waals surface area contributed by atoms with Gasteiger partial charge in [-0.2, -0.15) is 0 Å². The van der Waals surface area contributed by atoms with Crippen LogP contribution in [0.1, 0.15) is 44.6 Å².